The largest absolute Gasteiger partial charge is 0.493 e. The van der Waals surface area contributed by atoms with Crippen molar-refractivity contribution in [1.82, 2.24) is 4.90 Å². The zero-order valence-corrected chi connectivity index (χ0v) is 21.4. The lowest BCUT2D eigenvalue weighted by Gasteiger charge is -2.26. The van der Waals surface area contributed by atoms with E-state index < -0.39 is 47.0 Å². The van der Waals surface area contributed by atoms with Gasteiger partial charge in [0.05, 0.1) is 31.4 Å². The number of ether oxygens (including phenoxy) is 2. The maximum atomic E-state index is 13.9. The number of hydrogen-bond donors (Lipinski definition) is 3. The Morgan fingerprint density at radius 3 is 2.54 bits per heavy atom. The molecule has 11 heteroatoms. The van der Waals surface area contributed by atoms with Crippen molar-refractivity contribution in [2.45, 2.75) is 31.3 Å². The minimum atomic E-state index is -1.42. The maximum absolute atomic E-state index is 13.9. The molecular weight excluding hydrogens is 500 g/mol. The molecule has 2 saturated heterocycles. The molecule has 194 valence electrons. The second kappa shape index (κ2) is 9.04. The number of primary amides is 1. The molecule has 0 aromatic heterocycles. The number of carbonyl (C=O) groups excluding carboxylic acids is 4. The molecule has 37 heavy (non-hydrogen) atoms. The van der Waals surface area contributed by atoms with Crippen molar-refractivity contribution < 1.29 is 34.0 Å². The standard InChI is InChI=1S/C26H27ClN4O6/c1-12-8-14-22(15(27)9-12)29-25(35)26(14)21-20(16(30-26)11-19(28)32)23(33)31(24(21)34)7-6-13-4-5-17(36-2)18(10-13)37-3/h4-5,8-10,16,20-21,30H,6-7,11H2,1-3H3,(H2,28,32)(H,29,35)/p+1/t16-,20-,21+,26+/m1/s1. The smallest absolute Gasteiger partial charge is 0.291 e. The van der Waals surface area contributed by atoms with Crippen LogP contribution in [0.5, 0.6) is 11.5 Å². The Labute approximate surface area is 218 Å². The van der Waals surface area contributed by atoms with Crippen LogP contribution in [0.3, 0.4) is 0 Å². The number of amides is 4. The third kappa shape index (κ3) is 3.74. The van der Waals surface area contributed by atoms with E-state index in [9.17, 15) is 19.2 Å². The Hall–Kier alpha value is -3.63. The zero-order valence-electron chi connectivity index (χ0n) is 20.7. The number of benzene rings is 2. The Bertz CT molecular complexity index is 1350. The summed E-state index contributed by atoms with van der Waals surface area (Å²) in [7, 11) is 3.07. The van der Waals surface area contributed by atoms with Gasteiger partial charge >= 0.3 is 0 Å². The molecule has 1 spiro atoms. The molecular formula is C26H28ClN4O6+. The van der Waals surface area contributed by atoms with Gasteiger partial charge in [-0.2, -0.15) is 0 Å². The Morgan fingerprint density at radius 1 is 1.14 bits per heavy atom. The average molecular weight is 528 g/mol. The summed E-state index contributed by atoms with van der Waals surface area (Å²) in [6, 6.07) is 8.26. The van der Waals surface area contributed by atoms with Crippen molar-refractivity contribution in [2.75, 3.05) is 26.1 Å². The lowest BCUT2D eigenvalue weighted by atomic mass is 9.76. The number of methoxy groups -OCH3 is 2. The van der Waals surface area contributed by atoms with Crippen LogP contribution in [0.15, 0.2) is 30.3 Å². The van der Waals surface area contributed by atoms with E-state index in [4.69, 9.17) is 26.8 Å². The number of likely N-dealkylation sites (tertiary alicyclic amines) is 1. The molecule has 2 aromatic carbocycles. The van der Waals surface area contributed by atoms with Crippen LogP contribution < -0.4 is 25.8 Å². The van der Waals surface area contributed by atoms with Gasteiger partial charge in [-0.05, 0) is 48.7 Å². The van der Waals surface area contributed by atoms with E-state index in [1.165, 1.54) is 12.0 Å². The summed E-state index contributed by atoms with van der Waals surface area (Å²) in [5.41, 5.74) is 6.72. The first-order valence-electron chi connectivity index (χ1n) is 11.9. The number of rotatable bonds is 7. The van der Waals surface area contributed by atoms with Gasteiger partial charge in [0.1, 0.15) is 17.9 Å². The van der Waals surface area contributed by atoms with E-state index >= 15 is 0 Å². The number of nitrogens with two attached hydrogens (primary N) is 2. The first-order valence-corrected chi connectivity index (χ1v) is 12.3. The van der Waals surface area contributed by atoms with Crippen molar-refractivity contribution in [3.63, 3.8) is 0 Å². The van der Waals surface area contributed by atoms with E-state index in [0.29, 0.717) is 34.2 Å². The van der Waals surface area contributed by atoms with Crippen molar-refractivity contribution in [2.24, 2.45) is 17.6 Å². The molecule has 0 aliphatic carbocycles. The molecule has 4 atom stereocenters. The molecule has 0 radical (unpaired) electrons. The highest BCUT2D eigenvalue weighted by Crippen LogP contribution is 2.51. The lowest BCUT2D eigenvalue weighted by molar-refractivity contribution is -0.732. The van der Waals surface area contributed by atoms with Crippen molar-refractivity contribution >= 4 is 40.9 Å². The fourth-order valence-electron chi connectivity index (χ4n) is 6.13. The molecule has 10 nitrogen and oxygen atoms in total. The second-order valence-corrected chi connectivity index (χ2v) is 10.2. The normalized spacial score (nSPS) is 25.9. The minimum absolute atomic E-state index is 0.114. The zero-order chi connectivity index (χ0) is 26.6. The summed E-state index contributed by atoms with van der Waals surface area (Å²) < 4.78 is 10.6. The van der Waals surface area contributed by atoms with Crippen LogP contribution in [0.1, 0.15) is 23.1 Å². The predicted octanol–water partition coefficient (Wildman–Crippen LogP) is 0.478. The molecule has 2 fully saturated rings. The quantitative estimate of drug-likeness (QED) is 0.447. The number of quaternary nitrogens is 1. The van der Waals surface area contributed by atoms with Crippen LogP contribution in [0.4, 0.5) is 5.69 Å². The van der Waals surface area contributed by atoms with Gasteiger partial charge < -0.3 is 25.8 Å². The molecule has 3 aliphatic heterocycles. The van der Waals surface area contributed by atoms with E-state index in [1.807, 2.05) is 19.1 Å². The fourth-order valence-corrected chi connectivity index (χ4v) is 6.45. The summed E-state index contributed by atoms with van der Waals surface area (Å²) in [6.45, 7) is 1.95. The highest BCUT2D eigenvalue weighted by atomic mass is 35.5. The SMILES string of the molecule is COc1ccc(CCN2C(=O)[C@H]3[C@@H](C2=O)[C@]2([NH2+][C@@H]3CC(N)=O)C(=O)Nc3c(Cl)cc(C)cc32)cc1OC. The Kier molecular flexibility index (Phi) is 6.12. The topological polar surface area (TPSA) is 145 Å². The number of anilines is 1. The number of nitrogens with zero attached hydrogens (tertiary/aromatic N) is 1. The monoisotopic (exact) mass is 527 g/mol. The third-order valence-electron chi connectivity index (χ3n) is 7.67. The molecule has 0 bridgehead atoms. The highest BCUT2D eigenvalue weighted by molar-refractivity contribution is 6.35. The first-order chi connectivity index (χ1) is 17.6. The van der Waals surface area contributed by atoms with E-state index in [-0.39, 0.29) is 13.0 Å². The number of halogens is 1. The van der Waals surface area contributed by atoms with E-state index in [0.717, 1.165) is 11.1 Å². The highest BCUT2D eigenvalue weighted by Gasteiger charge is 2.74. The van der Waals surface area contributed by atoms with Gasteiger partial charge in [-0.25, -0.2) is 0 Å². The number of fused-ring (bicyclic) bond motifs is 4. The molecule has 3 aliphatic rings. The second-order valence-electron chi connectivity index (χ2n) is 9.76. The minimum Gasteiger partial charge on any atom is -0.493 e. The third-order valence-corrected chi connectivity index (χ3v) is 7.97. The molecule has 5 N–H and O–H groups in total. The summed E-state index contributed by atoms with van der Waals surface area (Å²) in [5.74, 6) is -2.65. The molecule has 4 amide bonds. The molecule has 5 rings (SSSR count). The average Bonchev–Trinajstić information content (AvgIpc) is 3.42. The molecule has 0 unspecified atom stereocenters. The van der Waals surface area contributed by atoms with Gasteiger partial charge in [0, 0.05) is 12.1 Å². The fraction of sp³-hybridized carbons (Fsp3) is 0.385. The summed E-state index contributed by atoms with van der Waals surface area (Å²) in [4.78, 5) is 54.2. The van der Waals surface area contributed by atoms with Crippen LogP contribution in [-0.4, -0.2) is 55.3 Å². The van der Waals surface area contributed by atoms with Crippen LogP contribution in [0, 0.1) is 18.8 Å². The summed E-state index contributed by atoms with van der Waals surface area (Å²) in [6.07, 6.45) is 0.232. The van der Waals surface area contributed by atoms with Gasteiger partial charge in [0.2, 0.25) is 23.3 Å². The lowest BCUT2D eigenvalue weighted by Crippen LogP contribution is -2.99. The van der Waals surface area contributed by atoms with Gasteiger partial charge in [-0.15, -0.1) is 0 Å². The van der Waals surface area contributed by atoms with Crippen molar-refractivity contribution in [3.8, 4) is 11.5 Å². The Balaban J connectivity index is 1.51. The Morgan fingerprint density at radius 2 is 1.86 bits per heavy atom. The summed E-state index contributed by atoms with van der Waals surface area (Å²) >= 11 is 6.44. The first kappa shape index (κ1) is 25.0. The van der Waals surface area contributed by atoms with Gasteiger partial charge in [-0.3, -0.25) is 24.1 Å². The van der Waals surface area contributed by atoms with Gasteiger partial charge in [0.25, 0.3) is 5.91 Å². The van der Waals surface area contributed by atoms with Crippen LogP contribution in [0.2, 0.25) is 5.02 Å². The van der Waals surface area contributed by atoms with Crippen molar-refractivity contribution in [3.05, 3.63) is 52.0 Å². The van der Waals surface area contributed by atoms with Crippen molar-refractivity contribution in [1.29, 1.82) is 0 Å². The van der Waals surface area contributed by atoms with Crippen LogP contribution in [-0.2, 0) is 31.1 Å². The van der Waals surface area contributed by atoms with Gasteiger partial charge in [0.15, 0.2) is 11.5 Å². The van der Waals surface area contributed by atoms with E-state index in [2.05, 4.69) is 5.32 Å². The number of hydrogen-bond acceptors (Lipinski definition) is 6. The number of nitrogens with one attached hydrogen (secondary N) is 1. The van der Waals surface area contributed by atoms with Gasteiger partial charge in [-0.1, -0.05) is 17.7 Å². The molecule has 2 aromatic rings. The van der Waals surface area contributed by atoms with Crippen LogP contribution in [0.25, 0.3) is 0 Å². The molecule has 0 saturated carbocycles. The maximum Gasteiger partial charge on any atom is 0.291 e. The van der Waals surface area contributed by atoms with E-state index in [1.54, 1.807) is 30.6 Å². The number of imide groups is 1. The number of aryl methyl sites for hydroxylation is 1. The predicted molar refractivity (Wildman–Crippen MR) is 133 cm³/mol. The summed E-state index contributed by atoms with van der Waals surface area (Å²) in [5, 5.41) is 4.84. The molecule has 3 heterocycles. The van der Waals surface area contributed by atoms with Crippen LogP contribution >= 0.6 is 11.6 Å². The number of carbonyl (C=O) groups is 4.